The molecule has 0 spiro atoms. The Morgan fingerprint density at radius 3 is 2.16 bits per heavy atom. The van der Waals surface area contributed by atoms with Crippen molar-refractivity contribution in [1.29, 1.82) is 0 Å². The van der Waals surface area contributed by atoms with Gasteiger partial charge >= 0.3 is 0 Å². The zero-order valence-electron chi connectivity index (χ0n) is 15.6. The number of nitrogens with zero attached hydrogens (tertiary/aromatic N) is 1. The van der Waals surface area contributed by atoms with E-state index in [4.69, 9.17) is 0 Å². The minimum absolute atomic E-state index is 0.0551. The molecule has 0 heterocycles. The van der Waals surface area contributed by atoms with E-state index in [0.29, 0.717) is 6.54 Å². The van der Waals surface area contributed by atoms with Crippen molar-refractivity contribution in [2.45, 2.75) is 46.6 Å². The lowest BCUT2D eigenvalue weighted by molar-refractivity contribution is -0.122. The van der Waals surface area contributed by atoms with Gasteiger partial charge in [0.1, 0.15) is 0 Å². The molecule has 2 aromatic carbocycles. The third kappa shape index (κ3) is 5.90. The molecule has 0 radical (unpaired) electrons. The molecule has 0 saturated heterocycles. The van der Waals surface area contributed by atoms with Gasteiger partial charge in [0.2, 0.25) is 5.91 Å². The molecule has 0 saturated carbocycles. The molecule has 132 valence electrons. The fraction of sp³-hybridized carbons (Fsp3) is 0.348. The van der Waals surface area contributed by atoms with Crippen LogP contribution in [0.3, 0.4) is 0 Å². The highest BCUT2D eigenvalue weighted by atomic mass is 16.2. The first kappa shape index (κ1) is 19.0. The van der Waals surface area contributed by atoms with Crippen molar-refractivity contribution in [1.82, 2.24) is 0 Å². The third-order valence-electron chi connectivity index (χ3n) is 4.43. The number of carbonyl (C=O) groups excluding carboxylic acids is 1. The predicted molar refractivity (Wildman–Crippen MR) is 107 cm³/mol. The molecule has 2 heteroatoms. The molecule has 2 aromatic rings. The summed E-state index contributed by atoms with van der Waals surface area (Å²) in [7, 11) is 0. The maximum Gasteiger partial charge on any atom is 0.230 e. The number of hydrogen-bond acceptors (Lipinski definition) is 1. The number of carbonyl (C=O) groups is 1. The van der Waals surface area contributed by atoms with Crippen LogP contribution >= 0.6 is 0 Å². The van der Waals surface area contributed by atoms with Gasteiger partial charge in [-0.15, -0.1) is 0 Å². The van der Waals surface area contributed by atoms with Crippen LogP contribution in [0.5, 0.6) is 0 Å². The molecular weight excluding hydrogens is 306 g/mol. The summed E-state index contributed by atoms with van der Waals surface area (Å²) in [5.41, 5.74) is 3.43. The molecule has 25 heavy (non-hydrogen) atoms. The standard InChI is InChI=1S/C23H29NO/c1-4-21(15-11-12-19(2)3)23(25)24(22-16-9-6-10-17-22)18-20-13-7-5-8-14-20/h5-10,12-14,16-17,21H,4,11,15,18H2,1-3H3/t21-/m0/s1. The Bertz CT molecular complexity index is 672. The van der Waals surface area contributed by atoms with E-state index < -0.39 is 0 Å². The minimum atomic E-state index is 0.0551. The van der Waals surface area contributed by atoms with E-state index in [1.807, 2.05) is 53.4 Å². The summed E-state index contributed by atoms with van der Waals surface area (Å²) in [5.74, 6) is 0.277. The van der Waals surface area contributed by atoms with Gasteiger partial charge in [-0.05, 0) is 50.8 Å². The van der Waals surface area contributed by atoms with Crippen LogP contribution in [0.2, 0.25) is 0 Å². The predicted octanol–water partition coefficient (Wildman–Crippen LogP) is 5.99. The first-order valence-electron chi connectivity index (χ1n) is 9.15. The van der Waals surface area contributed by atoms with Crippen LogP contribution in [0.25, 0.3) is 0 Å². The molecule has 0 unspecified atom stereocenters. The largest absolute Gasteiger partial charge is 0.308 e. The van der Waals surface area contributed by atoms with Gasteiger partial charge in [0.15, 0.2) is 0 Å². The maximum atomic E-state index is 13.3. The normalized spacial score (nSPS) is 11.6. The van der Waals surface area contributed by atoms with Crippen molar-refractivity contribution in [3.05, 3.63) is 77.9 Å². The third-order valence-corrected chi connectivity index (χ3v) is 4.43. The number of benzene rings is 2. The minimum Gasteiger partial charge on any atom is -0.308 e. The van der Waals surface area contributed by atoms with Crippen molar-refractivity contribution in [3.63, 3.8) is 0 Å². The highest BCUT2D eigenvalue weighted by Gasteiger charge is 2.23. The first-order valence-corrected chi connectivity index (χ1v) is 9.15. The van der Waals surface area contributed by atoms with E-state index in [-0.39, 0.29) is 11.8 Å². The van der Waals surface area contributed by atoms with Crippen LogP contribution in [0.15, 0.2) is 72.3 Å². The monoisotopic (exact) mass is 335 g/mol. The van der Waals surface area contributed by atoms with Gasteiger partial charge in [0.05, 0.1) is 6.54 Å². The van der Waals surface area contributed by atoms with Crippen LogP contribution in [-0.4, -0.2) is 5.91 Å². The second kappa shape index (κ2) is 9.83. The Morgan fingerprint density at radius 1 is 1.00 bits per heavy atom. The van der Waals surface area contributed by atoms with Crippen molar-refractivity contribution >= 4 is 11.6 Å². The number of para-hydroxylation sites is 1. The lowest BCUT2D eigenvalue weighted by Crippen LogP contribution is -2.35. The zero-order chi connectivity index (χ0) is 18.1. The van der Waals surface area contributed by atoms with E-state index in [0.717, 1.165) is 30.5 Å². The van der Waals surface area contributed by atoms with Gasteiger partial charge in [-0.25, -0.2) is 0 Å². The van der Waals surface area contributed by atoms with Crippen molar-refractivity contribution in [2.24, 2.45) is 5.92 Å². The Balaban J connectivity index is 2.21. The molecule has 0 aliphatic carbocycles. The Morgan fingerprint density at radius 2 is 1.60 bits per heavy atom. The number of allylic oxidation sites excluding steroid dienone is 2. The lowest BCUT2D eigenvalue weighted by Gasteiger charge is -2.27. The lowest BCUT2D eigenvalue weighted by atomic mass is 9.97. The fourth-order valence-electron chi connectivity index (χ4n) is 2.97. The Kier molecular flexibility index (Phi) is 7.46. The molecule has 1 amide bonds. The highest BCUT2D eigenvalue weighted by molar-refractivity contribution is 5.94. The molecule has 0 aliphatic rings. The van der Waals surface area contributed by atoms with Gasteiger partial charge in [-0.3, -0.25) is 4.79 Å². The van der Waals surface area contributed by atoms with Crippen molar-refractivity contribution in [3.8, 4) is 0 Å². The van der Waals surface area contributed by atoms with E-state index in [1.54, 1.807) is 0 Å². The molecule has 0 aliphatic heterocycles. The first-order chi connectivity index (χ1) is 12.1. The summed E-state index contributed by atoms with van der Waals surface area (Å²) in [6.07, 6.45) is 4.95. The second-order valence-electron chi connectivity index (χ2n) is 6.71. The fourth-order valence-corrected chi connectivity index (χ4v) is 2.97. The van der Waals surface area contributed by atoms with Crippen LogP contribution in [0.4, 0.5) is 5.69 Å². The highest BCUT2D eigenvalue weighted by Crippen LogP contribution is 2.23. The summed E-state index contributed by atoms with van der Waals surface area (Å²) < 4.78 is 0. The molecule has 2 nitrogen and oxygen atoms in total. The summed E-state index contributed by atoms with van der Waals surface area (Å²) in [4.78, 5) is 15.2. The molecule has 0 aromatic heterocycles. The molecular formula is C23H29NO. The van der Waals surface area contributed by atoms with Gasteiger partial charge in [-0.2, -0.15) is 0 Å². The van der Waals surface area contributed by atoms with Crippen LogP contribution < -0.4 is 4.90 Å². The summed E-state index contributed by atoms with van der Waals surface area (Å²) in [6.45, 7) is 6.93. The Hall–Kier alpha value is -2.35. The van der Waals surface area contributed by atoms with Crippen LogP contribution in [0.1, 0.15) is 45.6 Å². The zero-order valence-corrected chi connectivity index (χ0v) is 15.6. The van der Waals surface area contributed by atoms with Crippen molar-refractivity contribution < 1.29 is 4.79 Å². The van der Waals surface area contributed by atoms with Gasteiger partial charge in [0, 0.05) is 11.6 Å². The molecule has 0 bridgehead atoms. The maximum absolute atomic E-state index is 13.3. The average molecular weight is 335 g/mol. The molecule has 0 N–H and O–H groups in total. The second-order valence-corrected chi connectivity index (χ2v) is 6.71. The van der Waals surface area contributed by atoms with Crippen LogP contribution in [-0.2, 0) is 11.3 Å². The van der Waals surface area contributed by atoms with Crippen molar-refractivity contribution in [2.75, 3.05) is 4.90 Å². The quantitative estimate of drug-likeness (QED) is 0.542. The number of rotatable bonds is 8. The van der Waals surface area contributed by atoms with Crippen LogP contribution in [0, 0.1) is 5.92 Å². The average Bonchev–Trinajstić information content (AvgIpc) is 2.64. The number of amides is 1. The topological polar surface area (TPSA) is 20.3 Å². The van der Waals surface area contributed by atoms with E-state index in [1.165, 1.54) is 5.57 Å². The summed E-state index contributed by atoms with van der Waals surface area (Å²) in [6, 6.07) is 20.2. The molecule has 2 rings (SSSR count). The SMILES string of the molecule is CC[C@@H](CCC=C(C)C)C(=O)N(Cc1ccccc1)c1ccccc1. The molecule has 1 atom stereocenters. The van der Waals surface area contributed by atoms with Gasteiger partial charge in [-0.1, -0.05) is 67.1 Å². The molecule has 0 fully saturated rings. The Labute approximate surface area is 152 Å². The summed E-state index contributed by atoms with van der Waals surface area (Å²) in [5, 5.41) is 0. The smallest absolute Gasteiger partial charge is 0.230 e. The number of anilines is 1. The summed E-state index contributed by atoms with van der Waals surface area (Å²) >= 11 is 0. The van der Waals surface area contributed by atoms with E-state index in [2.05, 4.69) is 39.0 Å². The van der Waals surface area contributed by atoms with E-state index in [9.17, 15) is 4.79 Å². The van der Waals surface area contributed by atoms with Gasteiger partial charge < -0.3 is 4.90 Å². The van der Waals surface area contributed by atoms with Gasteiger partial charge in [0.25, 0.3) is 0 Å². The number of hydrogen-bond donors (Lipinski definition) is 0. The van der Waals surface area contributed by atoms with E-state index >= 15 is 0 Å².